The smallest absolute Gasteiger partial charge is 0.222 e. The van der Waals surface area contributed by atoms with Gasteiger partial charge in [0.2, 0.25) is 5.91 Å². The molecule has 1 aromatic rings. The highest BCUT2D eigenvalue weighted by molar-refractivity contribution is 5.87. The summed E-state index contributed by atoms with van der Waals surface area (Å²) in [7, 11) is 0. The van der Waals surface area contributed by atoms with Crippen LogP contribution in [0.4, 0.5) is 11.5 Å². The van der Waals surface area contributed by atoms with Crippen molar-refractivity contribution in [1.82, 2.24) is 4.98 Å². The number of anilines is 2. The van der Waals surface area contributed by atoms with Gasteiger partial charge in [0.25, 0.3) is 0 Å². The fourth-order valence-electron chi connectivity index (χ4n) is 1.80. The Morgan fingerprint density at radius 1 is 1.40 bits per heavy atom. The maximum atomic E-state index is 10.8. The normalized spacial score (nSPS) is 15.4. The van der Waals surface area contributed by atoms with E-state index < -0.39 is 0 Å². The van der Waals surface area contributed by atoms with Gasteiger partial charge in [0.15, 0.2) is 0 Å². The number of nitrogens with one attached hydrogen (secondary N) is 1. The van der Waals surface area contributed by atoms with Crippen molar-refractivity contribution in [1.29, 1.82) is 0 Å². The molecule has 1 fully saturated rings. The summed E-state index contributed by atoms with van der Waals surface area (Å²) in [6, 6.07) is 3.85. The van der Waals surface area contributed by atoms with E-state index in [-0.39, 0.29) is 5.91 Å². The van der Waals surface area contributed by atoms with E-state index in [0.717, 1.165) is 18.8 Å². The van der Waals surface area contributed by atoms with Gasteiger partial charge in [-0.15, -0.1) is 0 Å². The lowest BCUT2D eigenvalue weighted by Crippen LogP contribution is -2.17. The van der Waals surface area contributed by atoms with E-state index in [0.29, 0.717) is 5.82 Å². The summed E-state index contributed by atoms with van der Waals surface area (Å²) in [4.78, 5) is 17.3. The Morgan fingerprint density at radius 2 is 2.13 bits per heavy atom. The molecule has 0 unspecified atom stereocenters. The first kappa shape index (κ1) is 9.96. The maximum Gasteiger partial charge on any atom is 0.222 e. The van der Waals surface area contributed by atoms with Crippen LogP contribution in [-0.4, -0.2) is 24.0 Å². The number of amides is 1. The molecule has 0 aliphatic carbocycles. The molecule has 0 bridgehead atoms. The molecule has 2 rings (SSSR count). The van der Waals surface area contributed by atoms with Crippen molar-refractivity contribution in [2.75, 3.05) is 23.3 Å². The Balaban J connectivity index is 2.06. The highest BCUT2D eigenvalue weighted by Gasteiger charge is 2.12. The van der Waals surface area contributed by atoms with E-state index in [1.54, 1.807) is 0 Å². The number of hydrogen-bond acceptors (Lipinski definition) is 3. The Kier molecular flexibility index (Phi) is 2.85. The quantitative estimate of drug-likeness (QED) is 0.798. The molecule has 4 heteroatoms. The lowest BCUT2D eigenvalue weighted by molar-refractivity contribution is -0.114. The minimum atomic E-state index is -0.0866. The summed E-state index contributed by atoms with van der Waals surface area (Å²) >= 11 is 0. The fraction of sp³-hybridized carbons (Fsp3) is 0.455. The van der Waals surface area contributed by atoms with Crippen LogP contribution in [0.15, 0.2) is 18.3 Å². The lowest BCUT2D eigenvalue weighted by atomic mass is 10.3. The van der Waals surface area contributed by atoms with E-state index in [1.807, 2.05) is 18.3 Å². The van der Waals surface area contributed by atoms with E-state index in [4.69, 9.17) is 0 Å². The van der Waals surface area contributed by atoms with Gasteiger partial charge in [0, 0.05) is 20.0 Å². The first-order chi connectivity index (χ1) is 7.25. The zero-order valence-corrected chi connectivity index (χ0v) is 8.86. The zero-order chi connectivity index (χ0) is 10.7. The molecule has 4 nitrogen and oxygen atoms in total. The number of rotatable bonds is 2. The van der Waals surface area contributed by atoms with Gasteiger partial charge in [-0.3, -0.25) is 4.79 Å². The number of aromatic nitrogens is 1. The molecular weight excluding hydrogens is 190 g/mol. The van der Waals surface area contributed by atoms with Crippen LogP contribution in [0.5, 0.6) is 0 Å². The van der Waals surface area contributed by atoms with Crippen molar-refractivity contribution >= 4 is 17.4 Å². The molecule has 1 saturated heterocycles. The molecule has 15 heavy (non-hydrogen) atoms. The van der Waals surface area contributed by atoms with Crippen LogP contribution >= 0.6 is 0 Å². The third-order valence-electron chi connectivity index (χ3n) is 2.52. The summed E-state index contributed by atoms with van der Waals surface area (Å²) in [6.45, 7) is 3.71. The molecule has 0 atom stereocenters. The number of carbonyl (C=O) groups is 1. The number of nitrogens with zero attached hydrogens (tertiary/aromatic N) is 2. The van der Waals surface area contributed by atoms with Crippen molar-refractivity contribution in [2.24, 2.45) is 0 Å². The molecule has 2 heterocycles. The molecule has 1 aliphatic heterocycles. The predicted octanol–water partition coefficient (Wildman–Crippen LogP) is 1.64. The van der Waals surface area contributed by atoms with Crippen LogP contribution in [0.25, 0.3) is 0 Å². The average Bonchev–Trinajstić information content (AvgIpc) is 2.71. The van der Waals surface area contributed by atoms with Crippen molar-refractivity contribution in [3.63, 3.8) is 0 Å². The molecule has 1 aliphatic rings. The first-order valence-corrected chi connectivity index (χ1v) is 5.24. The Labute approximate surface area is 89.3 Å². The summed E-state index contributed by atoms with van der Waals surface area (Å²) < 4.78 is 0. The second-order valence-electron chi connectivity index (χ2n) is 3.78. The monoisotopic (exact) mass is 205 g/mol. The standard InChI is InChI=1S/C11H15N3O/c1-9(15)13-11-5-4-10(8-12-11)14-6-2-3-7-14/h4-5,8H,2-3,6-7H2,1H3,(H,12,13,15). The van der Waals surface area contributed by atoms with Crippen molar-refractivity contribution in [3.8, 4) is 0 Å². The lowest BCUT2D eigenvalue weighted by Gasteiger charge is -2.16. The van der Waals surface area contributed by atoms with Gasteiger partial charge in [-0.1, -0.05) is 0 Å². The zero-order valence-electron chi connectivity index (χ0n) is 8.86. The van der Waals surface area contributed by atoms with Crippen LogP contribution in [-0.2, 0) is 4.79 Å². The van der Waals surface area contributed by atoms with Gasteiger partial charge in [-0.2, -0.15) is 0 Å². The van der Waals surface area contributed by atoms with Crippen LogP contribution in [0, 0.1) is 0 Å². The van der Waals surface area contributed by atoms with Crippen LogP contribution in [0.1, 0.15) is 19.8 Å². The molecule has 1 aromatic heterocycles. The van der Waals surface area contributed by atoms with Crippen LogP contribution in [0.2, 0.25) is 0 Å². The molecule has 0 aromatic carbocycles. The molecular formula is C11H15N3O. The summed E-state index contributed by atoms with van der Waals surface area (Å²) in [5.74, 6) is 0.530. The molecule has 0 spiro atoms. The Morgan fingerprint density at radius 3 is 2.67 bits per heavy atom. The van der Waals surface area contributed by atoms with Gasteiger partial charge in [-0.05, 0) is 25.0 Å². The maximum absolute atomic E-state index is 10.8. The molecule has 1 N–H and O–H groups in total. The van der Waals surface area contributed by atoms with Gasteiger partial charge in [0.05, 0.1) is 11.9 Å². The average molecular weight is 205 g/mol. The van der Waals surface area contributed by atoms with Crippen molar-refractivity contribution in [3.05, 3.63) is 18.3 Å². The van der Waals surface area contributed by atoms with E-state index >= 15 is 0 Å². The largest absolute Gasteiger partial charge is 0.370 e. The third kappa shape index (κ3) is 2.46. The minimum absolute atomic E-state index is 0.0866. The van der Waals surface area contributed by atoms with Gasteiger partial charge in [0.1, 0.15) is 5.82 Å². The summed E-state index contributed by atoms with van der Waals surface area (Å²) in [6.07, 6.45) is 4.33. The molecule has 1 amide bonds. The molecule has 0 radical (unpaired) electrons. The number of carbonyl (C=O) groups excluding carboxylic acids is 1. The summed E-state index contributed by atoms with van der Waals surface area (Å²) in [5, 5.41) is 2.65. The predicted molar refractivity (Wildman–Crippen MR) is 60.0 cm³/mol. The summed E-state index contributed by atoms with van der Waals surface area (Å²) in [5.41, 5.74) is 1.14. The third-order valence-corrected chi connectivity index (χ3v) is 2.52. The van der Waals surface area contributed by atoms with Crippen LogP contribution < -0.4 is 10.2 Å². The SMILES string of the molecule is CC(=O)Nc1ccc(N2CCCC2)cn1. The van der Waals surface area contributed by atoms with Gasteiger partial charge >= 0.3 is 0 Å². The first-order valence-electron chi connectivity index (χ1n) is 5.24. The van der Waals surface area contributed by atoms with Gasteiger partial charge in [-0.25, -0.2) is 4.98 Å². The fourth-order valence-corrected chi connectivity index (χ4v) is 1.80. The number of hydrogen-bond donors (Lipinski definition) is 1. The Hall–Kier alpha value is -1.58. The molecule has 80 valence electrons. The number of pyridine rings is 1. The van der Waals surface area contributed by atoms with Crippen molar-refractivity contribution < 1.29 is 4.79 Å². The van der Waals surface area contributed by atoms with E-state index in [1.165, 1.54) is 19.8 Å². The van der Waals surface area contributed by atoms with E-state index in [9.17, 15) is 4.79 Å². The molecule has 0 saturated carbocycles. The van der Waals surface area contributed by atoms with E-state index in [2.05, 4.69) is 15.2 Å². The van der Waals surface area contributed by atoms with Crippen molar-refractivity contribution in [2.45, 2.75) is 19.8 Å². The topological polar surface area (TPSA) is 45.2 Å². The van der Waals surface area contributed by atoms with Gasteiger partial charge < -0.3 is 10.2 Å². The second-order valence-corrected chi connectivity index (χ2v) is 3.78. The highest BCUT2D eigenvalue weighted by atomic mass is 16.1. The minimum Gasteiger partial charge on any atom is -0.370 e. The van der Waals surface area contributed by atoms with Crippen LogP contribution in [0.3, 0.4) is 0 Å². The Bertz CT molecular complexity index is 341. The highest BCUT2D eigenvalue weighted by Crippen LogP contribution is 2.19. The second kappa shape index (κ2) is 4.29.